The van der Waals surface area contributed by atoms with Gasteiger partial charge in [-0.1, -0.05) is 47.1 Å². The lowest BCUT2D eigenvalue weighted by Gasteiger charge is -2.27. The molecule has 2 aromatic carbocycles. The van der Waals surface area contributed by atoms with Crippen LogP contribution in [0.4, 0.5) is 5.69 Å². The number of nitrogens with zero attached hydrogens (tertiary/aromatic N) is 1. The van der Waals surface area contributed by atoms with Crippen molar-refractivity contribution in [1.29, 1.82) is 0 Å². The molecular formula is C21H23BrN2O3S. The first kappa shape index (κ1) is 19.6. The summed E-state index contributed by atoms with van der Waals surface area (Å²) < 4.78 is 30.4. The van der Waals surface area contributed by atoms with Gasteiger partial charge in [0.05, 0.1) is 5.69 Å². The molecule has 1 heterocycles. The molecule has 1 atom stereocenters. The quantitative estimate of drug-likeness (QED) is 0.743. The number of amides is 1. The molecule has 1 aliphatic heterocycles. The maximum Gasteiger partial charge on any atom is 0.243 e. The molecule has 4 rings (SSSR count). The predicted octanol–water partition coefficient (Wildman–Crippen LogP) is 4.10. The number of benzene rings is 2. The summed E-state index contributed by atoms with van der Waals surface area (Å²) in [7, 11) is -3.80. The van der Waals surface area contributed by atoms with E-state index < -0.39 is 10.0 Å². The molecule has 0 aromatic heterocycles. The Hall–Kier alpha value is -1.70. The minimum absolute atomic E-state index is 0.0551. The minimum Gasteiger partial charge on any atom is -0.310 e. The molecule has 2 aromatic rings. The van der Waals surface area contributed by atoms with Gasteiger partial charge in [-0.05, 0) is 54.5 Å². The van der Waals surface area contributed by atoms with Crippen LogP contribution in [0.2, 0.25) is 0 Å². The van der Waals surface area contributed by atoms with Crippen molar-refractivity contribution in [2.45, 2.75) is 50.0 Å². The van der Waals surface area contributed by atoms with Crippen molar-refractivity contribution in [3.63, 3.8) is 0 Å². The van der Waals surface area contributed by atoms with E-state index in [1.807, 2.05) is 24.3 Å². The molecule has 0 fully saturated rings. The second kappa shape index (κ2) is 7.61. The van der Waals surface area contributed by atoms with Crippen LogP contribution < -0.4 is 9.62 Å². The van der Waals surface area contributed by atoms with Gasteiger partial charge >= 0.3 is 0 Å². The molecule has 1 N–H and O–H groups in total. The molecule has 28 heavy (non-hydrogen) atoms. The zero-order chi connectivity index (χ0) is 19.9. The third-order valence-corrected chi connectivity index (χ3v) is 7.50. The highest BCUT2D eigenvalue weighted by Gasteiger charge is 2.34. The number of hydrogen-bond donors (Lipinski definition) is 1. The highest BCUT2D eigenvalue weighted by atomic mass is 79.9. The van der Waals surface area contributed by atoms with Crippen LogP contribution in [0.1, 0.15) is 48.9 Å². The van der Waals surface area contributed by atoms with Crippen LogP contribution in [-0.4, -0.2) is 20.9 Å². The number of carbonyl (C=O) groups is 1. The maximum atomic E-state index is 13.4. The fourth-order valence-electron chi connectivity index (χ4n) is 4.24. The van der Waals surface area contributed by atoms with E-state index in [2.05, 4.69) is 26.7 Å². The van der Waals surface area contributed by atoms with E-state index in [9.17, 15) is 13.2 Å². The van der Waals surface area contributed by atoms with Crippen LogP contribution in [0.15, 0.2) is 45.8 Å². The number of carbonyl (C=O) groups excluding carboxylic acids is 1. The first-order valence-corrected chi connectivity index (χ1v) is 11.9. The van der Waals surface area contributed by atoms with Crippen molar-refractivity contribution < 1.29 is 13.2 Å². The number of hydrogen-bond acceptors (Lipinski definition) is 3. The Balaban J connectivity index is 1.75. The van der Waals surface area contributed by atoms with Gasteiger partial charge in [-0.2, -0.15) is 0 Å². The summed E-state index contributed by atoms with van der Waals surface area (Å²) >= 11 is 3.44. The number of halogens is 1. The first-order chi connectivity index (χ1) is 13.4. The van der Waals surface area contributed by atoms with Crippen LogP contribution in [0.3, 0.4) is 0 Å². The van der Waals surface area contributed by atoms with Gasteiger partial charge in [-0.15, -0.1) is 0 Å². The Morgan fingerprint density at radius 1 is 1.21 bits per heavy atom. The Bertz CT molecular complexity index is 1040. The van der Waals surface area contributed by atoms with Crippen LogP contribution in [0.25, 0.3) is 0 Å². The molecular weight excluding hydrogens is 440 g/mol. The SMILES string of the molecule is CCC(=O)N1CCc2cc(Br)cc(S(=O)(=O)N[C@H]3CCCc4ccccc43)c21. The van der Waals surface area contributed by atoms with Gasteiger partial charge in [0.15, 0.2) is 0 Å². The fraction of sp³-hybridized carbons (Fsp3) is 0.381. The van der Waals surface area contributed by atoms with Crippen molar-refractivity contribution in [2.24, 2.45) is 0 Å². The number of rotatable bonds is 4. The molecule has 2 aliphatic rings. The predicted molar refractivity (Wildman–Crippen MR) is 113 cm³/mol. The zero-order valence-electron chi connectivity index (χ0n) is 15.7. The second-order valence-electron chi connectivity index (χ2n) is 7.33. The lowest BCUT2D eigenvalue weighted by molar-refractivity contribution is -0.118. The minimum atomic E-state index is -3.80. The number of nitrogens with one attached hydrogen (secondary N) is 1. The summed E-state index contributed by atoms with van der Waals surface area (Å²) in [5.41, 5.74) is 3.67. The van der Waals surface area contributed by atoms with E-state index in [-0.39, 0.29) is 16.8 Å². The van der Waals surface area contributed by atoms with E-state index in [0.717, 1.165) is 30.4 Å². The summed E-state index contributed by atoms with van der Waals surface area (Å²) in [6, 6.07) is 11.3. The topological polar surface area (TPSA) is 66.5 Å². The van der Waals surface area contributed by atoms with Gasteiger partial charge in [-0.3, -0.25) is 4.79 Å². The summed E-state index contributed by atoms with van der Waals surface area (Å²) in [6.07, 6.45) is 3.69. The molecule has 0 saturated heterocycles. The third kappa shape index (κ3) is 3.51. The summed E-state index contributed by atoms with van der Waals surface area (Å²) in [5, 5.41) is 0. The van der Waals surface area contributed by atoms with Gasteiger partial charge in [0, 0.05) is 23.5 Å². The fourth-order valence-corrected chi connectivity index (χ4v) is 6.42. The van der Waals surface area contributed by atoms with Gasteiger partial charge in [-0.25, -0.2) is 13.1 Å². The number of sulfonamides is 1. The van der Waals surface area contributed by atoms with Crippen LogP contribution >= 0.6 is 15.9 Å². The smallest absolute Gasteiger partial charge is 0.243 e. The molecule has 0 radical (unpaired) electrons. The van der Waals surface area contributed by atoms with E-state index in [4.69, 9.17) is 0 Å². The molecule has 0 bridgehead atoms. The van der Waals surface area contributed by atoms with E-state index in [1.165, 1.54) is 5.56 Å². The maximum absolute atomic E-state index is 13.4. The summed E-state index contributed by atoms with van der Waals surface area (Å²) in [6.45, 7) is 2.32. The molecule has 0 spiro atoms. The Labute approximate surface area is 174 Å². The van der Waals surface area contributed by atoms with E-state index >= 15 is 0 Å². The lowest BCUT2D eigenvalue weighted by Crippen LogP contribution is -2.34. The lowest BCUT2D eigenvalue weighted by atomic mass is 9.88. The van der Waals surface area contributed by atoms with Crippen molar-refractivity contribution in [3.8, 4) is 0 Å². The van der Waals surface area contributed by atoms with Crippen molar-refractivity contribution in [1.82, 2.24) is 4.72 Å². The van der Waals surface area contributed by atoms with Crippen LogP contribution in [-0.2, 0) is 27.7 Å². The molecule has 148 valence electrons. The van der Waals surface area contributed by atoms with Crippen LogP contribution in [0.5, 0.6) is 0 Å². The normalized spacial score (nSPS) is 18.6. The number of aryl methyl sites for hydroxylation is 1. The van der Waals surface area contributed by atoms with Crippen LogP contribution in [0, 0.1) is 0 Å². The molecule has 5 nitrogen and oxygen atoms in total. The average Bonchev–Trinajstić information content (AvgIpc) is 3.10. The summed E-state index contributed by atoms with van der Waals surface area (Å²) in [4.78, 5) is 14.2. The standard InChI is InChI=1S/C21H23BrN2O3S/c1-2-20(25)24-11-10-15-12-16(22)13-19(21(15)24)28(26,27)23-18-9-5-7-14-6-3-4-8-17(14)18/h3-4,6,8,12-13,18,23H,2,5,7,9-11H2,1H3/t18-/m0/s1. The molecule has 0 unspecified atom stereocenters. The second-order valence-corrected chi connectivity index (χ2v) is 9.92. The highest BCUT2D eigenvalue weighted by molar-refractivity contribution is 9.10. The molecule has 1 amide bonds. The van der Waals surface area contributed by atoms with Crippen molar-refractivity contribution >= 4 is 37.5 Å². The molecule has 1 aliphatic carbocycles. The number of fused-ring (bicyclic) bond motifs is 2. The Morgan fingerprint density at radius 2 is 2.00 bits per heavy atom. The van der Waals surface area contributed by atoms with E-state index in [0.29, 0.717) is 29.5 Å². The largest absolute Gasteiger partial charge is 0.310 e. The monoisotopic (exact) mass is 462 g/mol. The van der Waals surface area contributed by atoms with E-state index in [1.54, 1.807) is 17.9 Å². The van der Waals surface area contributed by atoms with Crippen molar-refractivity contribution in [2.75, 3.05) is 11.4 Å². The van der Waals surface area contributed by atoms with Gasteiger partial charge in [0.25, 0.3) is 0 Å². The van der Waals surface area contributed by atoms with Gasteiger partial charge in [0.1, 0.15) is 4.90 Å². The first-order valence-electron chi connectivity index (χ1n) is 9.63. The summed E-state index contributed by atoms with van der Waals surface area (Å²) in [5.74, 6) is -0.0551. The Morgan fingerprint density at radius 3 is 2.79 bits per heavy atom. The number of anilines is 1. The van der Waals surface area contributed by atoms with Crippen molar-refractivity contribution in [3.05, 3.63) is 57.6 Å². The Kier molecular flexibility index (Phi) is 5.33. The third-order valence-electron chi connectivity index (χ3n) is 5.55. The molecule has 7 heteroatoms. The van der Waals surface area contributed by atoms with Gasteiger partial charge in [0.2, 0.25) is 15.9 Å². The highest BCUT2D eigenvalue weighted by Crippen LogP contribution is 2.39. The average molecular weight is 463 g/mol. The van der Waals surface area contributed by atoms with Gasteiger partial charge < -0.3 is 4.90 Å². The zero-order valence-corrected chi connectivity index (χ0v) is 18.1. The molecule has 0 saturated carbocycles.